The van der Waals surface area contributed by atoms with Gasteiger partial charge in [0.25, 0.3) is 4.45 Å². The summed E-state index contributed by atoms with van der Waals surface area (Å²) in [5, 5.41) is 11.0. The molecule has 1 aliphatic carbocycles. The first-order chi connectivity index (χ1) is 5.04. The summed E-state index contributed by atoms with van der Waals surface area (Å²) in [5.41, 5.74) is 0. The van der Waals surface area contributed by atoms with E-state index >= 15 is 0 Å². The quantitative estimate of drug-likeness (QED) is 0.305. The summed E-state index contributed by atoms with van der Waals surface area (Å²) < 4.78 is -1.15. The highest BCUT2D eigenvalue weighted by Crippen LogP contribution is 2.30. The average molecular weight is 238 g/mol. The summed E-state index contributed by atoms with van der Waals surface area (Å²) in [6, 6.07) is 0. The SMILES string of the molecule is O=[N+]([O-])C1(Br)C=CC(Cl)=CC1. The van der Waals surface area contributed by atoms with Crippen LogP contribution in [-0.4, -0.2) is 9.37 Å². The maximum absolute atomic E-state index is 10.4. The Hall–Kier alpha value is -0.350. The second-order valence-corrected chi connectivity index (χ2v) is 4.01. The van der Waals surface area contributed by atoms with Gasteiger partial charge in [0.2, 0.25) is 0 Å². The average Bonchev–Trinajstić information content (AvgIpc) is 1.95. The number of hydrogen-bond donors (Lipinski definition) is 0. The smallest absolute Gasteiger partial charge is 0.263 e. The zero-order valence-electron chi connectivity index (χ0n) is 5.46. The Morgan fingerprint density at radius 1 is 1.82 bits per heavy atom. The minimum absolute atomic E-state index is 0.287. The molecule has 1 atom stereocenters. The van der Waals surface area contributed by atoms with Crippen molar-refractivity contribution in [2.75, 3.05) is 0 Å². The predicted octanol–water partition coefficient (Wildman–Crippen LogP) is 2.44. The Labute approximate surface area is 77.0 Å². The zero-order valence-corrected chi connectivity index (χ0v) is 7.80. The van der Waals surface area contributed by atoms with Crippen LogP contribution < -0.4 is 0 Å². The number of rotatable bonds is 1. The first-order valence-electron chi connectivity index (χ1n) is 2.93. The molecule has 0 saturated heterocycles. The standard InChI is InChI=1S/C6H5BrClNO2/c7-6(9(10)11)3-1-5(8)2-4-6/h1-3H,4H2. The van der Waals surface area contributed by atoms with Crippen LogP contribution >= 0.6 is 27.5 Å². The van der Waals surface area contributed by atoms with Crippen LogP contribution in [0.15, 0.2) is 23.3 Å². The van der Waals surface area contributed by atoms with Crippen molar-refractivity contribution in [2.24, 2.45) is 0 Å². The highest BCUT2D eigenvalue weighted by Gasteiger charge is 2.36. The molecule has 11 heavy (non-hydrogen) atoms. The summed E-state index contributed by atoms with van der Waals surface area (Å²) in [4.78, 5) is 10.0. The van der Waals surface area contributed by atoms with Gasteiger partial charge in [-0.25, -0.2) is 0 Å². The van der Waals surface area contributed by atoms with Crippen LogP contribution in [0.4, 0.5) is 0 Å². The molecule has 1 aliphatic rings. The molecule has 1 rings (SSSR count). The maximum atomic E-state index is 10.4. The lowest BCUT2D eigenvalue weighted by Crippen LogP contribution is -2.29. The molecule has 0 saturated carbocycles. The maximum Gasteiger partial charge on any atom is 0.296 e. The van der Waals surface area contributed by atoms with E-state index in [-0.39, 0.29) is 11.3 Å². The predicted molar refractivity (Wildman–Crippen MR) is 46.3 cm³/mol. The van der Waals surface area contributed by atoms with Crippen LogP contribution in [0.5, 0.6) is 0 Å². The lowest BCUT2D eigenvalue weighted by atomic mass is 10.1. The monoisotopic (exact) mass is 237 g/mol. The molecular formula is C6H5BrClNO2. The van der Waals surface area contributed by atoms with E-state index < -0.39 is 4.45 Å². The van der Waals surface area contributed by atoms with Crippen molar-refractivity contribution in [2.45, 2.75) is 10.9 Å². The Morgan fingerprint density at radius 3 is 2.82 bits per heavy atom. The van der Waals surface area contributed by atoms with Crippen LogP contribution in [0.1, 0.15) is 6.42 Å². The molecule has 0 aromatic rings. The van der Waals surface area contributed by atoms with E-state index in [0.717, 1.165) is 0 Å². The minimum atomic E-state index is -1.15. The van der Waals surface area contributed by atoms with Crippen molar-refractivity contribution < 1.29 is 4.92 Å². The zero-order chi connectivity index (χ0) is 8.48. The molecule has 0 bridgehead atoms. The molecule has 0 amide bonds. The lowest BCUT2D eigenvalue weighted by Gasteiger charge is -2.15. The lowest BCUT2D eigenvalue weighted by molar-refractivity contribution is -0.521. The van der Waals surface area contributed by atoms with E-state index in [2.05, 4.69) is 15.9 Å². The van der Waals surface area contributed by atoms with Gasteiger partial charge in [-0.1, -0.05) is 17.7 Å². The first-order valence-corrected chi connectivity index (χ1v) is 4.10. The third-order valence-corrected chi connectivity index (χ3v) is 2.54. The number of halogens is 2. The normalized spacial score (nSPS) is 29.8. The Kier molecular flexibility index (Phi) is 2.34. The van der Waals surface area contributed by atoms with Gasteiger partial charge in [-0.05, 0) is 6.08 Å². The molecule has 0 N–H and O–H groups in total. The fourth-order valence-corrected chi connectivity index (χ4v) is 1.15. The van der Waals surface area contributed by atoms with Gasteiger partial charge >= 0.3 is 0 Å². The molecule has 0 aromatic carbocycles. The number of nitrogens with zero attached hydrogens (tertiary/aromatic N) is 1. The molecule has 0 fully saturated rings. The molecule has 0 aliphatic heterocycles. The minimum Gasteiger partial charge on any atom is -0.263 e. The Balaban J connectivity index is 2.82. The molecule has 3 nitrogen and oxygen atoms in total. The topological polar surface area (TPSA) is 43.1 Å². The Bertz CT molecular complexity index is 251. The van der Waals surface area contributed by atoms with Gasteiger partial charge in [0.1, 0.15) is 0 Å². The van der Waals surface area contributed by atoms with Crippen LogP contribution in [0.3, 0.4) is 0 Å². The fraction of sp³-hybridized carbons (Fsp3) is 0.333. The van der Waals surface area contributed by atoms with Gasteiger partial charge in [-0.2, -0.15) is 0 Å². The first kappa shape index (κ1) is 8.74. The third kappa shape index (κ3) is 1.81. The van der Waals surface area contributed by atoms with E-state index in [1.165, 1.54) is 12.2 Å². The molecule has 60 valence electrons. The van der Waals surface area contributed by atoms with E-state index in [4.69, 9.17) is 11.6 Å². The number of hydrogen-bond acceptors (Lipinski definition) is 2. The Morgan fingerprint density at radius 2 is 2.45 bits per heavy atom. The van der Waals surface area contributed by atoms with Gasteiger partial charge in [-0.15, -0.1) is 0 Å². The molecular weight excluding hydrogens is 233 g/mol. The van der Waals surface area contributed by atoms with Crippen molar-refractivity contribution >= 4 is 27.5 Å². The molecule has 5 heteroatoms. The highest BCUT2D eigenvalue weighted by molar-refractivity contribution is 9.10. The molecule has 0 heterocycles. The van der Waals surface area contributed by atoms with Gasteiger partial charge in [-0.3, -0.25) is 10.1 Å². The molecule has 0 radical (unpaired) electrons. The molecule has 0 aromatic heterocycles. The summed E-state index contributed by atoms with van der Waals surface area (Å²) in [7, 11) is 0. The van der Waals surface area contributed by atoms with Gasteiger partial charge in [0.15, 0.2) is 0 Å². The summed E-state index contributed by atoms with van der Waals surface area (Å²) in [5.74, 6) is 0. The van der Waals surface area contributed by atoms with Crippen molar-refractivity contribution in [3.05, 3.63) is 33.4 Å². The van der Waals surface area contributed by atoms with Crippen LogP contribution in [0.25, 0.3) is 0 Å². The van der Waals surface area contributed by atoms with Crippen LogP contribution in [0, 0.1) is 10.1 Å². The van der Waals surface area contributed by atoms with Crippen LogP contribution in [0.2, 0.25) is 0 Å². The largest absolute Gasteiger partial charge is 0.296 e. The van der Waals surface area contributed by atoms with Crippen LogP contribution in [-0.2, 0) is 0 Å². The third-order valence-electron chi connectivity index (χ3n) is 1.38. The van der Waals surface area contributed by atoms with Crippen molar-refractivity contribution in [3.8, 4) is 0 Å². The van der Waals surface area contributed by atoms with E-state index in [0.29, 0.717) is 5.03 Å². The number of alkyl halides is 1. The fourth-order valence-electron chi connectivity index (χ4n) is 0.719. The van der Waals surface area contributed by atoms with Gasteiger partial charge in [0, 0.05) is 32.0 Å². The van der Waals surface area contributed by atoms with E-state index in [9.17, 15) is 10.1 Å². The second-order valence-electron chi connectivity index (χ2n) is 2.20. The highest BCUT2D eigenvalue weighted by atomic mass is 79.9. The summed E-state index contributed by atoms with van der Waals surface area (Å²) in [6.45, 7) is 0. The van der Waals surface area contributed by atoms with E-state index in [1.807, 2.05) is 0 Å². The molecule has 0 spiro atoms. The number of nitro groups is 1. The number of allylic oxidation sites excluding steroid dienone is 2. The van der Waals surface area contributed by atoms with Crippen molar-refractivity contribution in [1.29, 1.82) is 0 Å². The second kappa shape index (κ2) is 2.95. The van der Waals surface area contributed by atoms with E-state index in [1.54, 1.807) is 6.08 Å². The van der Waals surface area contributed by atoms with Gasteiger partial charge < -0.3 is 0 Å². The van der Waals surface area contributed by atoms with Gasteiger partial charge in [0.05, 0.1) is 6.42 Å². The van der Waals surface area contributed by atoms with Crippen molar-refractivity contribution in [3.63, 3.8) is 0 Å². The van der Waals surface area contributed by atoms with Crippen molar-refractivity contribution in [1.82, 2.24) is 0 Å². The molecule has 1 unspecified atom stereocenters. The summed E-state index contributed by atoms with van der Waals surface area (Å²) >= 11 is 8.58. The summed E-state index contributed by atoms with van der Waals surface area (Å²) in [6.07, 6.45) is 4.85.